The minimum atomic E-state index is 0.832. The summed E-state index contributed by atoms with van der Waals surface area (Å²) in [6, 6.07) is 0. The Kier molecular flexibility index (Phi) is 10.3. The molecule has 1 aromatic rings. The molecular weight excluding hydrogens is 244 g/mol. The summed E-state index contributed by atoms with van der Waals surface area (Å²) >= 11 is 0. The van der Waals surface area contributed by atoms with E-state index < -0.39 is 0 Å². The molecule has 0 radical (unpaired) electrons. The van der Waals surface area contributed by atoms with Gasteiger partial charge < -0.3 is 4.98 Å². The zero-order chi connectivity index (χ0) is 14.5. The van der Waals surface area contributed by atoms with Crippen molar-refractivity contribution in [3.8, 4) is 0 Å². The molecule has 0 spiro atoms. The van der Waals surface area contributed by atoms with Crippen molar-refractivity contribution >= 4 is 0 Å². The first-order chi connectivity index (χ1) is 9.86. The largest absolute Gasteiger partial charge is 0.349 e. The minimum absolute atomic E-state index is 0.832. The fourth-order valence-electron chi connectivity index (χ4n) is 2.93. The highest BCUT2D eigenvalue weighted by Crippen LogP contribution is 2.21. The fourth-order valence-corrected chi connectivity index (χ4v) is 2.93. The molecule has 0 bridgehead atoms. The molecule has 2 heteroatoms. The SMILES string of the molecule is CCCCCCCCC(CCCCC)Cc1ncc[nH]1. The summed E-state index contributed by atoms with van der Waals surface area (Å²) in [5.74, 6) is 2.01. The summed E-state index contributed by atoms with van der Waals surface area (Å²) in [4.78, 5) is 7.66. The number of nitrogens with one attached hydrogen (secondary N) is 1. The Bertz CT molecular complexity index is 292. The highest BCUT2D eigenvalue weighted by atomic mass is 14.9. The highest BCUT2D eigenvalue weighted by molar-refractivity contribution is 4.89. The van der Waals surface area contributed by atoms with Gasteiger partial charge in [-0.15, -0.1) is 0 Å². The van der Waals surface area contributed by atoms with Crippen LogP contribution < -0.4 is 0 Å². The number of imidazole rings is 1. The molecule has 0 aliphatic rings. The maximum Gasteiger partial charge on any atom is 0.106 e. The number of H-pyrrole nitrogens is 1. The normalized spacial score (nSPS) is 12.7. The van der Waals surface area contributed by atoms with Crippen LogP contribution in [0.2, 0.25) is 0 Å². The van der Waals surface area contributed by atoms with E-state index >= 15 is 0 Å². The summed E-state index contributed by atoms with van der Waals surface area (Å²) in [7, 11) is 0. The van der Waals surface area contributed by atoms with E-state index in [2.05, 4.69) is 23.8 Å². The lowest BCUT2D eigenvalue weighted by molar-refractivity contribution is 0.398. The second kappa shape index (κ2) is 12.0. The number of hydrogen-bond acceptors (Lipinski definition) is 1. The van der Waals surface area contributed by atoms with Crippen LogP contribution in [-0.2, 0) is 6.42 Å². The number of rotatable bonds is 13. The van der Waals surface area contributed by atoms with Gasteiger partial charge in [-0.3, -0.25) is 0 Å². The number of hydrogen-bond donors (Lipinski definition) is 1. The fraction of sp³-hybridized carbons (Fsp3) is 0.833. The van der Waals surface area contributed by atoms with E-state index in [9.17, 15) is 0 Å². The molecule has 1 rings (SSSR count). The van der Waals surface area contributed by atoms with E-state index in [0.29, 0.717) is 0 Å². The van der Waals surface area contributed by atoms with E-state index in [1.54, 1.807) is 0 Å². The molecule has 1 heterocycles. The molecule has 0 aromatic carbocycles. The molecular formula is C18H34N2. The molecule has 2 nitrogen and oxygen atoms in total. The van der Waals surface area contributed by atoms with Crippen LogP contribution in [0.5, 0.6) is 0 Å². The Hall–Kier alpha value is -0.790. The molecule has 1 aromatic heterocycles. The maximum absolute atomic E-state index is 4.40. The number of aromatic amines is 1. The van der Waals surface area contributed by atoms with Gasteiger partial charge in [0.05, 0.1) is 0 Å². The van der Waals surface area contributed by atoms with Crippen LogP contribution in [0.1, 0.15) is 90.3 Å². The van der Waals surface area contributed by atoms with Crippen LogP contribution in [0.3, 0.4) is 0 Å². The van der Waals surface area contributed by atoms with Crippen LogP contribution in [-0.4, -0.2) is 9.97 Å². The third kappa shape index (κ3) is 8.39. The van der Waals surface area contributed by atoms with E-state index in [-0.39, 0.29) is 0 Å². The Morgan fingerprint density at radius 3 is 2.15 bits per heavy atom. The Morgan fingerprint density at radius 1 is 0.900 bits per heavy atom. The van der Waals surface area contributed by atoms with Crippen molar-refractivity contribution < 1.29 is 0 Å². The maximum atomic E-state index is 4.40. The standard InChI is InChI=1S/C18H34N2/c1-3-5-7-8-9-11-13-17(12-10-6-4-2)16-18-19-14-15-20-18/h14-15,17H,3-13,16H2,1-2H3,(H,19,20). The average Bonchev–Trinajstić information content (AvgIpc) is 2.95. The molecule has 0 saturated carbocycles. The number of nitrogens with zero attached hydrogens (tertiary/aromatic N) is 1. The highest BCUT2D eigenvalue weighted by Gasteiger charge is 2.10. The van der Waals surface area contributed by atoms with Gasteiger partial charge in [0.15, 0.2) is 0 Å². The van der Waals surface area contributed by atoms with Gasteiger partial charge in [-0.2, -0.15) is 0 Å². The van der Waals surface area contributed by atoms with Gasteiger partial charge in [-0.05, 0) is 5.92 Å². The Balaban J connectivity index is 2.19. The van der Waals surface area contributed by atoms with E-state index in [1.165, 1.54) is 76.5 Å². The summed E-state index contributed by atoms with van der Waals surface area (Å²) in [6.07, 6.45) is 20.3. The van der Waals surface area contributed by atoms with Crippen molar-refractivity contribution in [1.29, 1.82) is 0 Å². The molecule has 0 saturated heterocycles. The van der Waals surface area contributed by atoms with Crippen molar-refractivity contribution in [1.82, 2.24) is 9.97 Å². The molecule has 0 amide bonds. The van der Waals surface area contributed by atoms with Crippen molar-refractivity contribution in [3.63, 3.8) is 0 Å². The molecule has 0 aliphatic carbocycles. The second-order valence-corrected chi connectivity index (χ2v) is 6.16. The molecule has 1 atom stereocenters. The first-order valence-electron chi connectivity index (χ1n) is 8.85. The third-order valence-electron chi connectivity index (χ3n) is 4.22. The molecule has 1 N–H and O–H groups in total. The van der Waals surface area contributed by atoms with Crippen LogP contribution in [0.25, 0.3) is 0 Å². The Morgan fingerprint density at radius 2 is 1.50 bits per heavy atom. The smallest absolute Gasteiger partial charge is 0.106 e. The predicted octanol–water partition coefficient (Wildman–Crippen LogP) is 5.90. The lowest BCUT2D eigenvalue weighted by Gasteiger charge is -2.15. The van der Waals surface area contributed by atoms with Crippen LogP contribution in [0.15, 0.2) is 12.4 Å². The van der Waals surface area contributed by atoms with Gasteiger partial charge in [-0.1, -0.05) is 84.5 Å². The van der Waals surface area contributed by atoms with E-state index in [4.69, 9.17) is 0 Å². The minimum Gasteiger partial charge on any atom is -0.349 e. The lowest BCUT2D eigenvalue weighted by Crippen LogP contribution is -2.06. The van der Waals surface area contributed by atoms with E-state index in [0.717, 1.165) is 12.3 Å². The number of aromatic nitrogens is 2. The molecule has 0 fully saturated rings. The topological polar surface area (TPSA) is 28.7 Å². The van der Waals surface area contributed by atoms with Crippen molar-refractivity contribution in [2.24, 2.45) is 5.92 Å². The van der Waals surface area contributed by atoms with Crippen LogP contribution >= 0.6 is 0 Å². The summed E-state index contributed by atoms with van der Waals surface area (Å²) in [5.41, 5.74) is 0. The molecule has 116 valence electrons. The molecule has 20 heavy (non-hydrogen) atoms. The second-order valence-electron chi connectivity index (χ2n) is 6.16. The number of unbranched alkanes of at least 4 members (excludes halogenated alkanes) is 7. The average molecular weight is 278 g/mol. The third-order valence-corrected chi connectivity index (χ3v) is 4.22. The first kappa shape index (κ1) is 17.3. The summed E-state index contributed by atoms with van der Waals surface area (Å²) < 4.78 is 0. The van der Waals surface area contributed by atoms with Gasteiger partial charge >= 0.3 is 0 Å². The van der Waals surface area contributed by atoms with Crippen molar-refractivity contribution in [2.75, 3.05) is 0 Å². The van der Waals surface area contributed by atoms with Crippen molar-refractivity contribution in [3.05, 3.63) is 18.2 Å². The van der Waals surface area contributed by atoms with Gasteiger partial charge in [0.25, 0.3) is 0 Å². The van der Waals surface area contributed by atoms with Gasteiger partial charge in [-0.25, -0.2) is 4.98 Å². The zero-order valence-electron chi connectivity index (χ0n) is 13.7. The molecule has 1 unspecified atom stereocenters. The molecule has 0 aliphatic heterocycles. The van der Waals surface area contributed by atoms with Crippen LogP contribution in [0.4, 0.5) is 0 Å². The Labute approximate surface area is 125 Å². The summed E-state index contributed by atoms with van der Waals surface area (Å²) in [6.45, 7) is 4.57. The zero-order valence-corrected chi connectivity index (χ0v) is 13.7. The predicted molar refractivity (Wildman–Crippen MR) is 87.9 cm³/mol. The van der Waals surface area contributed by atoms with Gasteiger partial charge in [0, 0.05) is 18.8 Å². The van der Waals surface area contributed by atoms with Crippen LogP contribution in [0, 0.1) is 5.92 Å². The van der Waals surface area contributed by atoms with Gasteiger partial charge in [0.2, 0.25) is 0 Å². The van der Waals surface area contributed by atoms with Crippen molar-refractivity contribution in [2.45, 2.75) is 90.9 Å². The lowest BCUT2D eigenvalue weighted by atomic mass is 9.91. The first-order valence-corrected chi connectivity index (χ1v) is 8.85. The summed E-state index contributed by atoms with van der Waals surface area (Å²) in [5, 5.41) is 0. The van der Waals surface area contributed by atoms with Gasteiger partial charge in [0.1, 0.15) is 5.82 Å². The van der Waals surface area contributed by atoms with E-state index in [1.807, 2.05) is 12.4 Å². The monoisotopic (exact) mass is 278 g/mol. The quantitative estimate of drug-likeness (QED) is 0.447.